The molecule has 7 heteroatoms. The first-order valence-electron chi connectivity index (χ1n) is 7.32. The van der Waals surface area contributed by atoms with Crippen LogP contribution in [0.1, 0.15) is 20.8 Å². The van der Waals surface area contributed by atoms with Crippen LogP contribution in [0.15, 0.2) is 42.6 Å². The highest BCUT2D eigenvalue weighted by Crippen LogP contribution is 2.13. The fraction of sp³-hybridized carbons (Fsp3) is 0.235. The summed E-state index contributed by atoms with van der Waals surface area (Å²) in [5.41, 5.74) is 1.93. The van der Waals surface area contributed by atoms with E-state index in [0.717, 1.165) is 5.69 Å². The number of nitrogens with one attached hydrogen (secondary N) is 2. The average Bonchev–Trinajstić information content (AvgIpc) is 2.62. The van der Waals surface area contributed by atoms with E-state index < -0.39 is 5.97 Å². The Labute approximate surface area is 140 Å². The van der Waals surface area contributed by atoms with Gasteiger partial charge >= 0.3 is 5.97 Å². The number of esters is 1. The van der Waals surface area contributed by atoms with E-state index in [1.807, 2.05) is 0 Å². The van der Waals surface area contributed by atoms with E-state index in [4.69, 9.17) is 4.74 Å². The third kappa shape index (κ3) is 4.79. The summed E-state index contributed by atoms with van der Waals surface area (Å²) >= 11 is 0. The van der Waals surface area contributed by atoms with Crippen molar-refractivity contribution in [3.8, 4) is 0 Å². The number of ether oxygens (including phenoxy) is 2. The van der Waals surface area contributed by atoms with E-state index in [0.29, 0.717) is 24.4 Å². The molecule has 1 amide bonds. The first-order chi connectivity index (χ1) is 11.6. The number of aromatic nitrogens is 1. The van der Waals surface area contributed by atoms with Crippen molar-refractivity contribution in [1.29, 1.82) is 0 Å². The summed E-state index contributed by atoms with van der Waals surface area (Å²) < 4.78 is 9.60. The molecule has 0 bridgehead atoms. The minimum absolute atomic E-state index is 0.274. The Morgan fingerprint density at radius 1 is 1.12 bits per heavy atom. The summed E-state index contributed by atoms with van der Waals surface area (Å²) in [6.07, 6.45) is 1.58. The van der Waals surface area contributed by atoms with Gasteiger partial charge in [-0.15, -0.1) is 0 Å². The number of methoxy groups -OCH3 is 2. The molecule has 1 aromatic carbocycles. The smallest absolute Gasteiger partial charge is 0.337 e. The maximum Gasteiger partial charge on any atom is 0.337 e. The number of benzene rings is 1. The Morgan fingerprint density at radius 2 is 1.96 bits per heavy atom. The van der Waals surface area contributed by atoms with Crippen molar-refractivity contribution in [3.05, 3.63) is 53.9 Å². The number of hydrogen-bond donors (Lipinski definition) is 2. The Hall–Kier alpha value is -2.93. The largest absolute Gasteiger partial charge is 0.465 e. The molecule has 0 saturated heterocycles. The highest BCUT2D eigenvalue weighted by atomic mass is 16.5. The standard InChI is InChI=1S/C17H19N3O4/c1-23-9-8-18-14-6-7-15(19-11-14)16(21)20-13-5-3-4-12(10-13)17(22)24-2/h3-7,10-11,18H,8-9H2,1-2H3,(H,20,21). The molecular weight excluding hydrogens is 310 g/mol. The number of rotatable bonds is 7. The maximum atomic E-state index is 12.2. The first-order valence-corrected chi connectivity index (χ1v) is 7.32. The molecule has 0 atom stereocenters. The molecule has 0 unspecified atom stereocenters. The van der Waals surface area contributed by atoms with E-state index >= 15 is 0 Å². The fourth-order valence-electron chi connectivity index (χ4n) is 1.97. The quantitative estimate of drug-likeness (QED) is 0.598. The number of amides is 1. The Balaban J connectivity index is 2.00. The predicted octanol–water partition coefficient (Wildman–Crippen LogP) is 2.18. The summed E-state index contributed by atoms with van der Waals surface area (Å²) in [6.45, 7) is 1.24. The third-order valence-electron chi connectivity index (χ3n) is 3.17. The second-order valence-corrected chi connectivity index (χ2v) is 4.88. The number of carbonyl (C=O) groups is 2. The molecule has 1 heterocycles. The molecule has 24 heavy (non-hydrogen) atoms. The summed E-state index contributed by atoms with van der Waals surface area (Å²) in [4.78, 5) is 27.8. The van der Waals surface area contributed by atoms with Crippen LogP contribution in [0.5, 0.6) is 0 Å². The molecule has 0 radical (unpaired) electrons. The van der Waals surface area contributed by atoms with Crippen molar-refractivity contribution < 1.29 is 19.1 Å². The van der Waals surface area contributed by atoms with Crippen LogP contribution in [0.2, 0.25) is 0 Å². The predicted molar refractivity (Wildman–Crippen MR) is 90.3 cm³/mol. The van der Waals surface area contributed by atoms with Crippen LogP contribution in [0.4, 0.5) is 11.4 Å². The fourth-order valence-corrected chi connectivity index (χ4v) is 1.97. The van der Waals surface area contributed by atoms with Crippen molar-refractivity contribution in [2.75, 3.05) is 38.0 Å². The molecule has 1 aromatic heterocycles. The monoisotopic (exact) mass is 329 g/mol. The van der Waals surface area contributed by atoms with Gasteiger partial charge in [-0.3, -0.25) is 4.79 Å². The van der Waals surface area contributed by atoms with Crippen LogP contribution in [-0.4, -0.2) is 44.2 Å². The van der Waals surface area contributed by atoms with E-state index in [1.54, 1.807) is 49.7 Å². The minimum Gasteiger partial charge on any atom is -0.465 e. The molecule has 0 spiro atoms. The second kappa shape index (κ2) is 8.64. The normalized spacial score (nSPS) is 10.1. The number of pyridine rings is 1. The molecule has 0 aliphatic rings. The van der Waals surface area contributed by atoms with E-state index in [9.17, 15) is 9.59 Å². The lowest BCUT2D eigenvalue weighted by atomic mass is 10.2. The summed E-state index contributed by atoms with van der Waals surface area (Å²) in [5, 5.41) is 5.82. The highest BCUT2D eigenvalue weighted by Gasteiger charge is 2.10. The molecule has 2 N–H and O–H groups in total. The average molecular weight is 329 g/mol. The number of carbonyl (C=O) groups excluding carboxylic acids is 2. The number of hydrogen-bond acceptors (Lipinski definition) is 6. The van der Waals surface area contributed by atoms with Gasteiger partial charge in [0.1, 0.15) is 5.69 Å². The van der Waals surface area contributed by atoms with Gasteiger partial charge in [0.25, 0.3) is 5.91 Å². The zero-order valence-corrected chi connectivity index (χ0v) is 13.5. The van der Waals surface area contributed by atoms with E-state index in [-0.39, 0.29) is 11.6 Å². The van der Waals surface area contributed by atoms with Crippen LogP contribution in [-0.2, 0) is 9.47 Å². The SMILES string of the molecule is COCCNc1ccc(C(=O)Nc2cccc(C(=O)OC)c2)nc1. The molecular formula is C17H19N3O4. The third-order valence-corrected chi connectivity index (χ3v) is 3.17. The Morgan fingerprint density at radius 3 is 2.62 bits per heavy atom. The topological polar surface area (TPSA) is 89.6 Å². The highest BCUT2D eigenvalue weighted by molar-refractivity contribution is 6.03. The van der Waals surface area contributed by atoms with Crippen LogP contribution in [0.25, 0.3) is 0 Å². The summed E-state index contributed by atoms with van der Waals surface area (Å²) in [7, 11) is 2.93. The van der Waals surface area contributed by atoms with E-state index in [1.165, 1.54) is 7.11 Å². The number of anilines is 2. The van der Waals surface area contributed by atoms with Gasteiger partial charge in [-0.2, -0.15) is 0 Å². The Bertz CT molecular complexity index is 701. The minimum atomic E-state index is -0.462. The van der Waals surface area contributed by atoms with Crippen molar-refractivity contribution >= 4 is 23.3 Å². The van der Waals surface area contributed by atoms with Crippen LogP contribution < -0.4 is 10.6 Å². The van der Waals surface area contributed by atoms with Crippen molar-refractivity contribution in [1.82, 2.24) is 4.98 Å². The van der Waals surface area contributed by atoms with Gasteiger partial charge in [-0.05, 0) is 30.3 Å². The van der Waals surface area contributed by atoms with Crippen LogP contribution in [0.3, 0.4) is 0 Å². The lowest BCUT2D eigenvalue weighted by Crippen LogP contribution is -2.14. The van der Waals surface area contributed by atoms with Gasteiger partial charge in [0.2, 0.25) is 0 Å². The van der Waals surface area contributed by atoms with Gasteiger partial charge in [-0.1, -0.05) is 6.07 Å². The summed E-state index contributed by atoms with van der Waals surface area (Å²) in [6, 6.07) is 9.89. The van der Waals surface area contributed by atoms with Crippen molar-refractivity contribution in [2.45, 2.75) is 0 Å². The lowest BCUT2D eigenvalue weighted by Gasteiger charge is -2.08. The maximum absolute atomic E-state index is 12.2. The van der Waals surface area contributed by atoms with Crippen LogP contribution in [0, 0.1) is 0 Å². The van der Waals surface area contributed by atoms with E-state index in [2.05, 4.69) is 20.4 Å². The molecule has 0 aliphatic carbocycles. The van der Waals surface area contributed by atoms with Gasteiger partial charge in [0.15, 0.2) is 0 Å². The van der Waals surface area contributed by atoms with Crippen LogP contribution >= 0.6 is 0 Å². The zero-order valence-electron chi connectivity index (χ0n) is 13.5. The number of nitrogens with zero attached hydrogens (tertiary/aromatic N) is 1. The molecule has 2 aromatic rings. The summed E-state index contributed by atoms with van der Waals surface area (Å²) in [5.74, 6) is -0.823. The van der Waals surface area contributed by atoms with Crippen molar-refractivity contribution in [2.24, 2.45) is 0 Å². The molecule has 0 fully saturated rings. The molecule has 7 nitrogen and oxygen atoms in total. The van der Waals surface area contributed by atoms with Gasteiger partial charge in [-0.25, -0.2) is 9.78 Å². The molecule has 126 valence electrons. The van der Waals surface area contributed by atoms with Gasteiger partial charge in [0, 0.05) is 19.3 Å². The van der Waals surface area contributed by atoms with Gasteiger partial charge < -0.3 is 20.1 Å². The zero-order chi connectivity index (χ0) is 17.4. The first kappa shape index (κ1) is 17.4. The lowest BCUT2D eigenvalue weighted by molar-refractivity contribution is 0.0600. The molecule has 0 saturated carbocycles. The molecule has 0 aliphatic heterocycles. The molecule has 2 rings (SSSR count). The van der Waals surface area contributed by atoms with Crippen molar-refractivity contribution in [3.63, 3.8) is 0 Å². The Kier molecular flexibility index (Phi) is 6.27. The van der Waals surface area contributed by atoms with Gasteiger partial charge in [0.05, 0.1) is 31.2 Å². The second-order valence-electron chi connectivity index (χ2n) is 4.88.